The highest BCUT2D eigenvalue weighted by Crippen LogP contribution is 2.50. The molecule has 1 heterocycles. The van der Waals surface area contributed by atoms with Crippen LogP contribution >= 0.6 is 27.5 Å². The number of nitrogens with one attached hydrogen (secondary N) is 1. The van der Waals surface area contributed by atoms with Crippen molar-refractivity contribution < 1.29 is 26.8 Å². The van der Waals surface area contributed by atoms with Crippen molar-refractivity contribution in [2.24, 2.45) is 0 Å². The Balaban J connectivity index is 2.51. The average molecular weight is 501 g/mol. The van der Waals surface area contributed by atoms with Crippen molar-refractivity contribution in [3.8, 4) is 22.8 Å². The monoisotopic (exact) mass is 499 g/mol. The second-order valence-electron chi connectivity index (χ2n) is 6.71. The Morgan fingerprint density at radius 2 is 2.07 bits per heavy atom. The molecule has 0 radical (unpaired) electrons. The molecule has 2 N–H and O–H groups in total. The molecule has 27 heavy (non-hydrogen) atoms. The van der Waals surface area contributed by atoms with Gasteiger partial charge >= 0.3 is 0 Å². The van der Waals surface area contributed by atoms with E-state index in [0.717, 1.165) is 0 Å². The third-order valence-corrected chi connectivity index (χ3v) is 5.87. The molecule has 0 saturated carbocycles. The average Bonchev–Trinajstić information content (AvgIpc) is 2.82. The van der Waals surface area contributed by atoms with Crippen LogP contribution in [0.4, 0.5) is 4.39 Å². The Kier molecular flexibility index (Phi) is 7.37. The number of hydrogen-bond donors (Lipinski definition) is 3. The lowest BCUT2D eigenvalue weighted by atomic mass is 10.1. The van der Waals surface area contributed by atoms with Crippen LogP contribution in [0.2, 0.25) is 24.7 Å². The molecule has 0 bridgehead atoms. The molecular formula is C16H20BrClFNO5SSi. The molecule has 1 aromatic heterocycles. The highest BCUT2D eigenvalue weighted by Gasteiger charge is 2.32. The largest absolute Gasteiger partial charge is 0.539 e. The van der Waals surface area contributed by atoms with Crippen molar-refractivity contribution in [1.82, 2.24) is 4.72 Å². The molecule has 6 nitrogen and oxygen atoms in total. The molecule has 1 unspecified atom stereocenters. The predicted octanol–water partition coefficient (Wildman–Crippen LogP) is 4.60. The Bertz CT molecular complexity index is 871. The summed E-state index contributed by atoms with van der Waals surface area (Å²) < 4.78 is 49.6. The third-order valence-electron chi connectivity index (χ3n) is 3.39. The quantitative estimate of drug-likeness (QED) is 0.280. The van der Waals surface area contributed by atoms with E-state index in [9.17, 15) is 17.9 Å². The van der Waals surface area contributed by atoms with Gasteiger partial charge in [0.15, 0.2) is 17.3 Å². The highest BCUT2D eigenvalue weighted by atomic mass is 79.9. The van der Waals surface area contributed by atoms with Crippen LogP contribution in [-0.4, -0.2) is 28.4 Å². The van der Waals surface area contributed by atoms with Crippen LogP contribution < -0.4 is 9.15 Å². The summed E-state index contributed by atoms with van der Waals surface area (Å²) in [5.74, 6) is -0.766. The molecule has 0 fully saturated rings. The summed E-state index contributed by atoms with van der Waals surface area (Å²) >= 11 is 9.52. The van der Waals surface area contributed by atoms with Gasteiger partial charge in [0.1, 0.15) is 5.82 Å². The highest BCUT2D eigenvalue weighted by molar-refractivity contribution is 9.09. The Hall–Kier alpha value is -1.07. The maximum atomic E-state index is 14.3. The summed E-state index contributed by atoms with van der Waals surface area (Å²) in [5.41, 5.74) is -0.0659. The van der Waals surface area contributed by atoms with E-state index in [1.807, 2.05) is 19.6 Å². The van der Waals surface area contributed by atoms with Crippen molar-refractivity contribution in [3.63, 3.8) is 0 Å². The zero-order valence-corrected chi connectivity index (χ0v) is 19.1. The summed E-state index contributed by atoms with van der Waals surface area (Å²) in [6, 6.07) is 4.15. The molecule has 2 aromatic rings. The Labute approximate surface area is 173 Å². The lowest BCUT2D eigenvalue weighted by Crippen LogP contribution is -2.29. The number of alkyl halides is 1. The normalized spacial score (nSPS) is 13.1. The van der Waals surface area contributed by atoms with Crippen molar-refractivity contribution in [3.05, 3.63) is 34.8 Å². The minimum absolute atomic E-state index is 0.0659. The fourth-order valence-corrected chi connectivity index (χ4v) is 4.23. The van der Waals surface area contributed by atoms with Gasteiger partial charge in [0, 0.05) is 6.54 Å². The standard InChI is InChI=1S/C16H20BrClFNO5SSi/c1-27(2,3)25-16-13(21)15(12-10(18)5-4-6-11(12)19)24-14(16)9(17)7-8-20-26(22)23/h4-6,9,21,26H,7-8H2,1-3H3,(H,20,22,23). The number of halogens is 3. The molecular weight excluding hydrogens is 481 g/mol. The maximum absolute atomic E-state index is 14.3. The summed E-state index contributed by atoms with van der Waals surface area (Å²) in [4.78, 5) is -0.475. The van der Waals surface area contributed by atoms with Gasteiger partial charge in [-0.2, -0.15) is 0 Å². The maximum Gasteiger partial charge on any atom is 0.242 e. The van der Waals surface area contributed by atoms with Crippen molar-refractivity contribution in [1.29, 1.82) is 0 Å². The molecule has 1 atom stereocenters. The van der Waals surface area contributed by atoms with E-state index in [0.29, 0.717) is 6.42 Å². The molecule has 0 spiro atoms. The van der Waals surface area contributed by atoms with Crippen molar-refractivity contribution in [2.75, 3.05) is 6.54 Å². The fraction of sp³-hybridized carbons (Fsp3) is 0.375. The van der Waals surface area contributed by atoms with Gasteiger partial charge in [-0.25, -0.2) is 17.5 Å². The zero-order chi connectivity index (χ0) is 20.4. The van der Waals surface area contributed by atoms with Gasteiger partial charge in [-0.1, -0.05) is 33.6 Å². The number of rotatable bonds is 8. The van der Waals surface area contributed by atoms with Crippen LogP contribution in [0.3, 0.4) is 0 Å². The van der Waals surface area contributed by atoms with E-state index in [4.69, 9.17) is 20.4 Å². The van der Waals surface area contributed by atoms with Crippen molar-refractivity contribution in [2.45, 2.75) is 30.9 Å². The first-order chi connectivity index (χ1) is 12.5. The molecule has 0 aliphatic heterocycles. The van der Waals surface area contributed by atoms with E-state index in [2.05, 4.69) is 20.7 Å². The lowest BCUT2D eigenvalue weighted by molar-refractivity contribution is 0.438. The van der Waals surface area contributed by atoms with E-state index in [1.165, 1.54) is 18.2 Å². The molecule has 2 rings (SSSR count). The first-order valence-corrected chi connectivity index (χ1v) is 13.9. The molecule has 1 aromatic carbocycles. The van der Waals surface area contributed by atoms with Gasteiger partial charge in [0.2, 0.25) is 25.0 Å². The Morgan fingerprint density at radius 3 is 2.63 bits per heavy atom. The molecule has 0 aliphatic carbocycles. The predicted molar refractivity (Wildman–Crippen MR) is 109 cm³/mol. The number of benzene rings is 1. The van der Waals surface area contributed by atoms with Crippen LogP contribution in [0, 0.1) is 5.82 Å². The smallest absolute Gasteiger partial charge is 0.242 e. The topological polar surface area (TPSA) is 88.8 Å². The number of aromatic hydroxyl groups is 1. The van der Waals surface area contributed by atoms with Crippen LogP contribution in [0.15, 0.2) is 22.6 Å². The van der Waals surface area contributed by atoms with Crippen LogP contribution in [0.1, 0.15) is 17.0 Å². The lowest BCUT2D eigenvalue weighted by Gasteiger charge is -2.20. The first kappa shape index (κ1) is 22.2. The molecule has 0 saturated heterocycles. The summed E-state index contributed by atoms with van der Waals surface area (Å²) in [7, 11) is -4.87. The second-order valence-corrected chi connectivity index (χ2v) is 13.5. The van der Waals surface area contributed by atoms with Gasteiger partial charge in [-0.05, 0) is 38.2 Å². The minimum Gasteiger partial charge on any atom is -0.539 e. The summed E-state index contributed by atoms with van der Waals surface area (Å²) in [6.45, 7) is 5.92. The van der Waals surface area contributed by atoms with Crippen LogP contribution in [0.25, 0.3) is 11.3 Å². The summed E-state index contributed by atoms with van der Waals surface area (Å²) in [6.07, 6.45) is 0.322. The van der Waals surface area contributed by atoms with Gasteiger partial charge in [-0.3, -0.25) is 0 Å². The van der Waals surface area contributed by atoms with E-state index in [-0.39, 0.29) is 40.2 Å². The third kappa shape index (κ3) is 5.70. The van der Waals surface area contributed by atoms with Crippen LogP contribution in [-0.2, 0) is 10.9 Å². The molecule has 11 heteroatoms. The number of hydrogen-bond acceptors (Lipinski definition) is 5. The summed E-state index contributed by atoms with van der Waals surface area (Å²) in [5, 5.41) is 10.8. The van der Waals surface area contributed by atoms with E-state index in [1.54, 1.807) is 0 Å². The molecule has 0 amide bonds. The van der Waals surface area contributed by atoms with Gasteiger partial charge < -0.3 is 13.9 Å². The van der Waals surface area contributed by atoms with E-state index >= 15 is 0 Å². The van der Waals surface area contributed by atoms with Gasteiger partial charge in [-0.15, -0.1) is 0 Å². The Morgan fingerprint density at radius 1 is 1.41 bits per heavy atom. The van der Waals surface area contributed by atoms with Gasteiger partial charge in [0.25, 0.3) is 0 Å². The minimum atomic E-state index is -2.72. The SMILES string of the molecule is C[Si](C)(C)Oc1c(C(Br)CCN[SH](=O)=O)oc(-c2c(F)cccc2Cl)c1O. The molecule has 150 valence electrons. The molecule has 0 aliphatic rings. The van der Waals surface area contributed by atoms with Crippen molar-refractivity contribution >= 4 is 46.7 Å². The zero-order valence-electron chi connectivity index (χ0n) is 14.9. The van der Waals surface area contributed by atoms with Gasteiger partial charge in [0.05, 0.1) is 15.4 Å². The number of thiol groups is 1. The second kappa shape index (κ2) is 8.95. The fourth-order valence-electron chi connectivity index (χ4n) is 2.33. The van der Waals surface area contributed by atoms with E-state index < -0.39 is 29.9 Å². The number of furan rings is 1. The first-order valence-electron chi connectivity index (χ1n) is 8.02. The van der Waals surface area contributed by atoms with Crippen LogP contribution in [0.5, 0.6) is 11.5 Å².